The van der Waals surface area contributed by atoms with Crippen molar-refractivity contribution in [2.75, 3.05) is 20.3 Å². The van der Waals surface area contributed by atoms with E-state index in [4.69, 9.17) is 9.47 Å². The minimum atomic E-state index is -0.0504. The van der Waals surface area contributed by atoms with E-state index in [0.29, 0.717) is 25.2 Å². The Bertz CT molecular complexity index is 697. The van der Waals surface area contributed by atoms with Crippen molar-refractivity contribution in [3.05, 3.63) is 59.4 Å². The van der Waals surface area contributed by atoms with Crippen LogP contribution in [0.2, 0.25) is 0 Å². The molecule has 1 aromatic carbocycles. The molecule has 0 saturated carbocycles. The molecule has 1 N–H and O–H groups in total. The van der Waals surface area contributed by atoms with Crippen molar-refractivity contribution in [2.24, 2.45) is 0 Å². The number of hydrogen-bond acceptors (Lipinski definition) is 4. The van der Waals surface area contributed by atoms with Gasteiger partial charge in [0.2, 0.25) is 0 Å². The first-order chi connectivity index (χ1) is 11.8. The van der Waals surface area contributed by atoms with Gasteiger partial charge in [-0.05, 0) is 31.0 Å². The van der Waals surface area contributed by atoms with Crippen molar-refractivity contribution in [1.29, 1.82) is 0 Å². The van der Waals surface area contributed by atoms with E-state index < -0.39 is 0 Å². The number of amides is 1. The molecule has 1 aliphatic heterocycles. The zero-order valence-electron chi connectivity index (χ0n) is 13.8. The molecule has 2 heterocycles. The second kappa shape index (κ2) is 7.93. The van der Waals surface area contributed by atoms with Crippen molar-refractivity contribution in [3.63, 3.8) is 0 Å². The SMILES string of the molecule is COc1ccccc1Cc1cc(C(=O)NC2CCOCC2)ccn1. The van der Waals surface area contributed by atoms with E-state index >= 15 is 0 Å². The first-order valence-electron chi connectivity index (χ1n) is 8.21. The fourth-order valence-electron chi connectivity index (χ4n) is 2.87. The van der Waals surface area contributed by atoms with Gasteiger partial charge in [-0.3, -0.25) is 9.78 Å². The van der Waals surface area contributed by atoms with Gasteiger partial charge >= 0.3 is 0 Å². The molecule has 3 rings (SSSR count). The maximum atomic E-state index is 12.4. The average molecular weight is 326 g/mol. The lowest BCUT2D eigenvalue weighted by atomic mass is 10.1. The molecular weight excluding hydrogens is 304 g/mol. The molecule has 1 amide bonds. The molecular formula is C19H22N2O3. The largest absolute Gasteiger partial charge is 0.496 e. The quantitative estimate of drug-likeness (QED) is 0.917. The summed E-state index contributed by atoms with van der Waals surface area (Å²) in [5, 5.41) is 3.08. The van der Waals surface area contributed by atoms with Gasteiger partial charge in [-0.1, -0.05) is 18.2 Å². The Kier molecular flexibility index (Phi) is 5.43. The number of carbonyl (C=O) groups excluding carboxylic acids is 1. The van der Waals surface area contributed by atoms with Crippen molar-refractivity contribution >= 4 is 5.91 Å². The number of aromatic nitrogens is 1. The Morgan fingerprint density at radius 2 is 2.08 bits per heavy atom. The van der Waals surface area contributed by atoms with Crippen LogP contribution in [0, 0.1) is 0 Å². The maximum Gasteiger partial charge on any atom is 0.251 e. The molecule has 0 bridgehead atoms. The lowest BCUT2D eigenvalue weighted by Crippen LogP contribution is -2.38. The van der Waals surface area contributed by atoms with Crippen molar-refractivity contribution in [3.8, 4) is 5.75 Å². The molecule has 1 saturated heterocycles. The third-order valence-electron chi connectivity index (χ3n) is 4.20. The molecule has 1 aromatic heterocycles. The van der Waals surface area contributed by atoms with Gasteiger partial charge in [0, 0.05) is 48.7 Å². The van der Waals surface area contributed by atoms with Gasteiger partial charge in [-0.15, -0.1) is 0 Å². The second-order valence-corrected chi connectivity index (χ2v) is 5.88. The topological polar surface area (TPSA) is 60.5 Å². The Balaban J connectivity index is 1.70. The van der Waals surface area contributed by atoms with Crippen LogP contribution in [-0.2, 0) is 11.2 Å². The number of methoxy groups -OCH3 is 1. The summed E-state index contributed by atoms with van der Waals surface area (Å²) in [5.41, 5.74) is 2.54. The molecule has 1 fully saturated rings. The molecule has 2 aromatic rings. The summed E-state index contributed by atoms with van der Waals surface area (Å²) in [5.74, 6) is 0.780. The highest BCUT2D eigenvalue weighted by molar-refractivity contribution is 5.94. The van der Waals surface area contributed by atoms with Gasteiger partial charge in [-0.25, -0.2) is 0 Å². The molecule has 5 nitrogen and oxygen atoms in total. The smallest absolute Gasteiger partial charge is 0.251 e. The summed E-state index contributed by atoms with van der Waals surface area (Å²) in [6.07, 6.45) is 4.04. The molecule has 24 heavy (non-hydrogen) atoms. The van der Waals surface area contributed by atoms with Crippen LogP contribution in [-0.4, -0.2) is 37.3 Å². The van der Waals surface area contributed by atoms with Crippen molar-refractivity contribution in [1.82, 2.24) is 10.3 Å². The third kappa shape index (κ3) is 4.11. The zero-order chi connectivity index (χ0) is 16.8. The van der Waals surface area contributed by atoms with Crippen molar-refractivity contribution in [2.45, 2.75) is 25.3 Å². The van der Waals surface area contributed by atoms with E-state index in [1.807, 2.05) is 30.3 Å². The fourth-order valence-corrected chi connectivity index (χ4v) is 2.87. The van der Waals surface area contributed by atoms with E-state index in [9.17, 15) is 4.79 Å². The Hall–Kier alpha value is -2.40. The van der Waals surface area contributed by atoms with Gasteiger partial charge in [0.1, 0.15) is 5.75 Å². The predicted octanol–water partition coefficient (Wildman–Crippen LogP) is 2.59. The maximum absolute atomic E-state index is 12.4. The van der Waals surface area contributed by atoms with Gasteiger partial charge in [-0.2, -0.15) is 0 Å². The van der Waals surface area contributed by atoms with E-state index in [-0.39, 0.29) is 11.9 Å². The minimum absolute atomic E-state index is 0.0504. The van der Waals surface area contributed by atoms with Crippen molar-refractivity contribution < 1.29 is 14.3 Å². The number of benzene rings is 1. The summed E-state index contributed by atoms with van der Waals surface area (Å²) < 4.78 is 10.7. The van der Waals surface area contributed by atoms with Crippen LogP contribution < -0.4 is 10.1 Å². The number of rotatable bonds is 5. The molecule has 0 unspecified atom stereocenters. The molecule has 0 spiro atoms. The monoisotopic (exact) mass is 326 g/mol. The van der Waals surface area contributed by atoms with E-state index in [1.165, 1.54) is 0 Å². The summed E-state index contributed by atoms with van der Waals surface area (Å²) in [7, 11) is 1.66. The molecule has 1 aliphatic rings. The molecule has 5 heteroatoms. The molecule has 0 radical (unpaired) electrons. The predicted molar refractivity (Wildman–Crippen MR) is 91.3 cm³/mol. The minimum Gasteiger partial charge on any atom is -0.496 e. The van der Waals surface area contributed by atoms with Crippen LogP contribution in [0.4, 0.5) is 0 Å². The normalized spacial score (nSPS) is 15.0. The van der Waals surface area contributed by atoms with E-state index in [1.54, 1.807) is 19.4 Å². The Labute approximate surface area is 142 Å². The highest BCUT2D eigenvalue weighted by atomic mass is 16.5. The number of nitrogens with one attached hydrogen (secondary N) is 1. The van der Waals surface area contributed by atoms with Crippen LogP contribution in [0.3, 0.4) is 0 Å². The number of para-hydroxylation sites is 1. The van der Waals surface area contributed by atoms with Gasteiger partial charge in [0.05, 0.1) is 7.11 Å². The number of hydrogen-bond donors (Lipinski definition) is 1. The summed E-state index contributed by atoms with van der Waals surface area (Å²) in [6.45, 7) is 1.42. The number of ether oxygens (including phenoxy) is 2. The third-order valence-corrected chi connectivity index (χ3v) is 4.20. The number of nitrogens with zero attached hydrogens (tertiary/aromatic N) is 1. The first-order valence-corrected chi connectivity index (χ1v) is 8.21. The molecule has 0 aliphatic carbocycles. The highest BCUT2D eigenvalue weighted by Gasteiger charge is 2.17. The van der Waals surface area contributed by atoms with Crippen LogP contribution in [0.5, 0.6) is 5.75 Å². The van der Waals surface area contributed by atoms with E-state index in [2.05, 4.69) is 10.3 Å². The Morgan fingerprint density at radius 1 is 1.29 bits per heavy atom. The van der Waals surface area contributed by atoms with Gasteiger partial charge in [0.15, 0.2) is 0 Å². The van der Waals surface area contributed by atoms with Crippen LogP contribution in [0.15, 0.2) is 42.6 Å². The molecule has 126 valence electrons. The fraction of sp³-hybridized carbons (Fsp3) is 0.368. The second-order valence-electron chi connectivity index (χ2n) is 5.88. The summed E-state index contributed by atoms with van der Waals surface area (Å²) >= 11 is 0. The Morgan fingerprint density at radius 3 is 2.88 bits per heavy atom. The van der Waals surface area contributed by atoms with Gasteiger partial charge in [0.25, 0.3) is 5.91 Å². The summed E-state index contributed by atoms with van der Waals surface area (Å²) in [4.78, 5) is 16.8. The van der Waals surface area contributed by atoms with Crippen LogP contribution in [0.25, 0.3) is 0 Å². The lowest BCUT2D eigenvalue weighted by Gasteiger charge is -2.23. The molecule has 0 atom stereocenters. The van der Waals surface area contributed by atoms with Crippen LogP contribution in [0.1, 0.15) is 34.5 Å². The average Bonchev–Trinajstić information content (AvgIpc) is 2.63. The van der Waals surface area contributed by atoms with Crippen LogP contribution >= 0.6 is 0 Å². The number of pyridine rings is 1. The zero-order valence-corrected chi connectivity index (χ0v) is 13.8. The summed E-state index contributed by atoms with van der Waals surface area (Å²) in [6, 6.07) is 11.6. The lowest BCUT2D eigenvalue weighted by molar-refractivity contribution is 0.0696. The highest BCUT2D eigenvalue weighted by Crippen LogP contribution is 2.20. The van der Waals surface area contributed by atoms with E-state index in [0.717, 1.165) is 29.8 Å². The first kappa shape index (κ1) is 16.5. The number of carbonyl (C=O) groups is 1. The van der Waals surface area contributed by atoms with Gasteiger partial charge < -0.3 is 14.8 Å². The standard InChI is InChI=1S/C19H22N2O3/c1-23-18-5-3-2-4-14(18)12-17-13-15(6-9-20-17)19(22)21-16-7-10-24-11-8-16/h2-6,9,13,16H,7-8,10-12H2,1H3,(H,21,22).